The monoisotopic (exact) mass is 155 g/mol. The Hall–Kier alpha value is -0.460. The fourth-order valence-corrected chi connectivity index (χ4v) is 0.847. The molecular formula is C10H21N. The van der Waals surface area contributed by atoms with Gasteiger partial charge >= 0.3 is 0 Å². The fraction of sp³-hybridized carbons (Fsp3) is 0.800. The van der Waals surface area contributed by atoms with E-state index in [1.165, 1.54) is 6.42 Å². The molecule has 1 nitrogen and oxygen atoms in total. The molecule has 0 aliphatic rings. The molecule has 0 rings (SSSR count). The Balaban J connectivity index is 3.31. The molecule has 0 amide bonds. The molecule has 0 heterocycles. The summed E-state index contributed by atoms with van der Waals surface area (Å²) in [6.45, 7) is 13.7. The first-order valence-corrected chi connectivity index (χ1v) is 4.43. The van der Waals surface area contributed by atoms with E-state index in [0.29, 0.717) is 0 Å². The summed E-state index contributed by atoms with van der Waals surface area (Å²) in [6, 6.07) is 0. The minimum absolute atomic E-state index is 0.793. The average molecular weight is 155 g/mol. The van der Waals surface area contributed by atoms with E-state index in [-0.39, 0.29) is 0 Å². The zero-order valence-electron chi connectivity index (χ0n) is 8.28. The zero-order valence-corrected chi connectivity index (χ0v) is 8.28. The third kappa shape index (κ3) is 5.96. The van der Waals surface area contributed by atoms with E-state index < -0.39 is 0 Å². The van der Waals surface area contributed by atoms with E-state index in [9.17, 15) is 0 Å². The van der Waals surface area contributed by atoms with Gasteiger partial charge in [-0.2, -0.15) is 0 Å². The van der Waals surface area contributed by atoms with E-state index in [0.717, 1.165) is 24.1 Å². The summed E-state index contributed by atoms with van der Waals surface area (Å²) in [5.41, 5.74) is 1.07. The lowest BCUT2D eigenvalue weighted by Gasteiger charge is -2.15. The molecule has 0 spiro atoms. The Bertz CT molecular complexity index is 116. The minimum Gasteiger partial charge on any atom is -0.389 e. The molecule has 1 N–H and O–H groups in total. The molecule has 0 aliphatic heterocycles. The van der Waals surface area contributed by atoms with E-state index in [1.54, 1.807) is 0 Å². The molecule has 0 unspecified atom stereocenters. The molecule has 0 bridgehead atoms. The van der Waals surface area contributed by atoms with Crippen LogP contribution < -0.4 is 5.32 Å². The number of allylic oxidation sites excluding steroid dienone is 1. The third-order valence-corrected chi connectivity index (χ3v) is 2.16. The summed E-state index contributed by atoms with van der Waals surface area (Å²) in [5.74, 6) is 1.60. The van der Waals surface area contributed by atoms with Crippen molar-refractivity contribution in [2.45, 2.75) is 34.1 Å². The molecule has 0 aromatic heterocycles. The number of nitrogens with one attached hydrogen (secondary N) is 1. The maximum absolute atomic E-state index is 3.79. The molecule has 0 radical (unpaired) electrons. The molecule has 0 aliphatic carbocycles. The lowest BCUT2D eigenvalue weighted by atomic mass is 9.95. The van der Waals surface area contributed by atoms with Gasteiger partial charge in [-0.15, -0.1) is 0 Å². The quantitative estimate of drug-likeness (QED) is 0.643. The van der Waals surface area contributed by atoms with Crippen LogP contribution >= 0.6 is 0 Å². The highest BCUT2D eigenvalue weighted by atomic mass is 14.9. The highest BCUT2D eigenvalue weighted by Gasteiger charge is 2.05. The van der Waals surface area contributed by atoms with E-state index in [1.807, 2.05) is 6.92 Å². The van der Waals surface area contributed by atoms with Gasteiger partial charge < -0.3 is 5.32 Å². The largest absolute Gasteiger partial charge is 0.389 e. The first-order valence-electron chi connectivity index (χ1n) is 4.43. The maximum Gasteiger partial charge on any atom is 0.0146 e. The predicted octanol–water partition coefficient (Wildman–Crippen LogP) is 2.79. The Labute approximate surface area is 70.9 Å². The van der Waals surface area contributed by atoms with Crippen LogP contribution in [0.2, 0.25) is 0 Å². The van der Waals surface area contributed by atoms with Crippen LogP contribution in [0.25, 0.3) is 0 Å². The average Bonchev–Trinajstić information content (AvgIpc) is 1.86. The van der Waals surface area contributed by atoms with Crippen LogP contribution in [0.3, 0.4) is 0 Å². The topological polar surface area (TPSA) is 12.0 Å². The van der Waals surface area contributed by atoms with E-state index in [4.69, 9.17) is 0 Å². The van der Waals surface area contributed by atoms with Gasteiger partial charge in [0, 0.05) is 12.2 Å². The molecule has 0 fully saturated rings. The Morgan fingerprint density at radius 1 is 1.36 bits per heavy atom. The van der Waals surface area contributed by atoms with E-state index in [2.05, 4.69) is 32.7 Å². The molecule has 0 aromatic rings. The van der Waals surface area contributed by atoms with Crippen LogP contribution in [-0.2, 0) is 0 Å². The standard InChI is InChI=1S/C10H21N/c1-8(2)10(5)6-7-11-9(3)4/h8,10-11H,3,6-7H2,1-2,4-5H3/t10-/m0/s1. The van der Waals surface area contributed by atoms with Gasteiger partial charge in [-0.3, -0.25) is 0 Å². The highest BCUT2D eigenvalue weighted by molar-refractivity contribution is 4.83. The normalized spacial score (nSPS) is 13.2. The number of rotatable bonds is 5. The van der Waals surface area contributed by atoms with Crippen LogP contribution in [0.15, 0.2) is 12.3 Å². The summed E-state index contributed by atoms with van der Waals surface area (Å²) < 4.78 is 0. The summed E-state index contributed by atoms with van der Waals surface area (Å²) in [7, 11) is 0. The van der Waals surface area contributed by atoms with Gasteiger partial charge in [-0.1, -0.05) is 27.4 Å². The molecule has 1 atom stereocenters. The molecule has 0 aromatic carbocycles. The second kappa shape index (κ2) is 5.22. The van der Waals surface area contributed by atoms with Crippen molar-refractivity contribution in [3.05, 3.63) is 12.3 Å². The van der Waals surface area contributed by atoms with Crippen molar-refractivity contribution in [1.82, 2.24) is 5.32 Å². The predicted molar refractivity (Wildman–Crippen MR) is 51.4 cm³/mol. The maximum atomic E-state index is 3.79. The van der Waals surface area contributed by atoms with Gasteiger partial charge in [-0.05, 0) is 25.2 Å². The molecule has 11 heavy (non-hydrogen) atoms. The second-order valence-corrected chi connectivity index (χ2v) is 3.72. The van der Waals surface area contributed by atoms with Crippen LogP contribution in [0.4, 0.5) is 0 Å². The molecular weight excluding hydrogens is 134 g/mol. The first-order chi connectivity index (χ1) is 5.04. The zero-order chi connectivity index (χ0) is 8.85. The van der Waals surface area contributed by atoms with Crippen molar-refractivity contribution in [2.24, 2.45) is 11.8 Å². The van der Waals surface area contributed by atoms with Gasteiger partial charge in [0.2, 0.25) is 0 Å². The molecule has 66 valence electrons. The van der Waals surface area contributed by atoms with Gasteiger partial charge in [-0.25, -0.2) is 0 Å². The summed E-state index contributed by atoms with van der Waals surface area (Å²) in [4.78, 5) is 0. The lowest BCUT2D eigenvalue weighted by molar-refractivity contribution is 0.389. The van der Waals surface area contributed by atoms with Gasteiger partial charge in [0.25, 0.3) is 0 Å². The van der Waals surface area contributed by atoms with Crippen LogP contribution in [-0.4, -0.2) is 6.54 Å². The first kappa shape index (κ1) is 10.5. The van der Waals surface area contributed by atoms with Crippen molar-refractivity contribution >= 4 is 0 Å². The molecule has 0 saturated heterocycles. The van der Waals surface area contributed by atoms with Crippen molar-refractivity contribution in [3.63, 3.8) is 0 Å². The number of hydrogen-bond acceptors (Lipinski definition) is 1. The van der Waals surface area contributed by atoms with Crippen LogP contribution in [0.5, 0.6) is 0 Å². The smallest absolute Gasteiger partial charge is 0.0146 e. The van der Waals surface area contributed by atoms with Gasteiger partial charge in [0.1, 0.15) is 0 Å². The fourth-order valence-electron chi connectivity index (χ4n) is 0.847. The van der Waals surface area contributed by atoms with Crippen molar-refractivity contribution in [1.29, 1.82) is 0 Å². The SMILES string of the molecule is C=C(C)NCC[C@H](C)C(C)C. The van der Waals surface area contributed by atoms with Gasteiger partial charge in [0.15, 0.2) is 0 Å². The molecule has 1 heteroatoms. The highest BCUT2D eigenvalue weighted by Crippen LogP contribution is 2.12. The summed E-state index contributed by atoms with van der Waals surface area (Å²) in [5, 5.41) is 3.24. The van der Waals surface area contributed by atoms with Crippen molar-refractivity contribution in [2.75, 3.05) is 6.54 Å². The Morgan fingerprint density at radius 3 is 2.27 bits per heavy atom. The Morgan fingerprint density at radius 2 is 1.91 bits per heavy atom. The summed E-state index contributed by atoms with van der Waals surface area (Å²) >= 11 is 0. The van der Waals surface area contributed by atoms with E-state index >= 15 is 0 Å². The third-order valence-electron chi connectivity index (χ3n) is 2.16. The van der Waals surface area contributed by atoms with Crippen LogP contribution in [0.1, 0.15) is 34.1 Å². The minimum atomic E-state index is 0.793. The number of hydrogen-bond donors (Lipinski definition) is 1. The van der Waals surface area contributed by atoms with Crippen molar-refractivity contribution < 1.29 is 0 Å². The Kier molecular flexibility index (Phi) is 5.01. The van der Waals surface area contributed by atoms with Gasteiger partial charge in [0.05, 0.1) is 0 Å². The molecule has 0 saturated carbocycles. The van der Waals surface area contributed by atoms with Crippen LogP contribution in [0, 0.1) is 11.8 Å². The lowest BCUT2D eigenvalue weighted by Crippen LogP contribution is -2.16. The summed E-state index contributed by atoms with van der Waals surface area (Å²) in [6.07, 6.45) is 1.24. The van der Waals surface area contributed by atoms with Crippen molar-refractivity contribution in [3.8, 4) is 0 Å². The second-order valence-electron chi connectivity index (χ2n) is 3.72.